The highest BCUT2D eigenvalue weighted by atomic mass is 16.3. The van der Waals surface area contributed by atoms with E-state index in [9.17, 15) is 15.0 Å². The van der Waals surface area contributed by atoms with E-state index < -0.39 is 0 Å². The van der Waals surface area contributed by atoms with E-state index in [0.29, 0.717) is 12.8 Å². The SMILES string of the molecule is O=C(CCc1ccc(O)c(O)c1)N1CCN(Cc2ccccc2)CC1. The third-order valence-electron chi connectivity index (χ3n) is 4.64. The summed E-state index contributed by atoms with van der Waals surface area (Å²) < 4.78 is 0. The summed E-state index contributed by atoms with van der Waals surface area (Å²) in [5.74, 6) is -0.129. The lowest BCUT2D eigenvalue weighted by molar-refractivity contribution is -0.133. The van der Waals surface area contributed by atoms with Crippen molar-refractivity contribution in [3.05, 3.63) is 59.7 Å². The molecular formula is C20H24N2O3. The monoisotopic (exact) mass is 340 g/mol. The number of phenols is 2. The van der Waals surface area contributed by atoms with Gasteiger partial charge < -0.3 is 15.1 Å². The zero-order valence-corrected chi connectivity index (χ0v) is 14.3. The number of phenolic OH excluding ortho intramolecular Hbond substituents is 2. The van der Waals surface area contributed by atoms with Gasteiger partial charge in [0.1, 0.15) is 0 Å². The Kier molecular flexibility index (Phi) is 5.56. The molecule has 0 radical (unpaired) electrons. The molecule has 0 aliphatic carbocycles. The van der Waals surface area contributed by atoms with E-state index in [1.54, 1.807) is 6.07 Å². The number of aryl methyl sites for hydroxylation is 1. The van der Waals surface area contributed by atoms with E-state index >= 15 is 0 Å². The van der Waals surface area contributed by atoms with Gasteiger partial charge in [-0.05, 0) is 29.7 Å². The molecular weight excluding hydrogens is 316 g/mol. The average Bonchev–Trinajstić information content (AvgIpc) is 2.64. The summed E-state index contributed by atoms with van der Waals surface area (Å²) in [6.07, 6.45) is 0.986. The van der Waals surface area contributed by atoms with Crippen molar-refractivity contribution in [3.8, 4) is 11.5 Å². The van der Waals surface area contributed by atoms with Gasteiger partial charge in [-0.2, -0.15) is 0 Å². The summed E-state index contributed by atoms with van der Waals surface area (Å²) in [5, 5.41) is 18.8. The predicted octanol–water partition coefficient (Wildman–Crippen LogP) is 2.37. The maximum absolute atomic E-state index is 12.4. The van der Waals surface area contributed by atoms with Crippen LogP contribution >= 0.6 is 0 Å². The summed E-state index contributed by atoms with van der Waals surface area (Å²) in [5.41, 5.74) is 2.15. The Morgan fingerprint density at radius 1 is 0.880 bits per heavy atom. The molecule has 1 aliphatic rings. The Morgan fingerprint density at radius 2 is 1.60 bits per heavy atom. The lowest BCUT2D eigenvalue weighted by Gasteiger charge is -2.34. The number of piperazine rings is 1. The normalized spacial score (nSPS) is 15.3. The van der Waals surface area contributed by atoms with Crippen LogP contribution in [0.3, 0.4) is 0 Å². The lowest BCUT2D eigenvalue weighted by Crippen LogP contribution is -2.48. The van der Waals surface area contributed by atoms with Gasteiger partial charge in [0.25, 0.3) is 0 Å². The second-order valence-electron chi connectivity index (χ2n) is 6.47. The van der Waals surface area contributed by atoms with Crippen LogP contribution in [0.15, 0.2) is 48.5 Å². The summed E-state index contributed by atoms with van der Waals surface area (Å²) in [7, 11) is 0. The number of aromatic hydroxyl groups is 2. The van der Waals surface area contributed by atoms with Crippen molar-refractivity contribution in [2.45, 2.75) is 19.4 Å². The van der Waals surface area contributed by atoms with Crippen molar-refractivity contribution in [2.75, 3.05) is 26.2 Å². The molecule has 0 saturated carbocycles. The van der Waals surface area contributed by atoms with Gasteiger partial charge in [-0.25, -0.2) is 0 Å². The zero-order valence-electron chi connectivity index (χ0n) is 14.3. The Morgan fingerprint density at radius 3 is 2.28 bits per heavy atom. The number of amides is 1. The molecule has 0 bridgehead atoms. The minimum absolute atomic E-state index is 0.135. The molecule has 0 unspecified atom stereocenters. The van der Waals surface area contributed by atoms with Gasteiger partial charge in [-0.1, -0.05) is 36.4 Å². The highest BCUT2D eigenvalue weighted by Gasteiger charge is 2.20. The molecule has 5 nitrogen and oxygen atoms in total. The van der Waals surface area contributed by atoms with Crippen molar-refractivity contribution < 1.29 is 15.0 Å². The molecule has 1 saturated heterocycles. The molecule has 1 heterocycles. The second kappa shape index (κ2) is 8.03. The van der Waals surface area contributed by atoms with Crippen molar-refractivity contribution in [1.82, 2.24) is 9.80 Å². The number of benzene rings is 2. The molecule has 5 heteroatoms. The van der Waals surface area contributed by atoms with E-state index in [1.807, 2.05) is 11.0 Å². The molecule has 1 amide bonds. The van der Waals surface area contributed by atoms with Gasteiger partial charge in [-0.15, -0.1) is 0 Å². The molecule has 0 atom stereocenters. The largest absolute Gasteiger partial charge is 0.504 e. The molecule has 0 aromatic heterocycles. The van der Waals surface area contributed by atoms with Gasteiger partial charge in [0, 0.05) is 39.1 Å². The van der Waals surface area contributed by atoms with Gasteiger partial charge >= 0.3 is 0 Å². The van der Waals surface area contributed by atoms with Crippen LogP contribution in [0.5, 0.6) is 11.5 Å². The Bertz CT molecular complexity index is 710. The average molecular weight is 340 g/mol. The molecule has 0 spiro atoms. The quantitative estimate of drug-likeness (QED) is 0.820. The molecule has 2 aromatic carbocycles. The predicted molar refractivity (Wildman–Crippen MR) is 96.4 cm³/mol. The van der Waals surface area contributed by atoms with Crippen LogP contribution in [0.4, 0.5) is 0 Å². The first-order valence-electron chi connectivity index (χ1n) is 8.67. The van der Waals surface area contributed by atoms with Gasteiger partial charge in [0.15, 0.2) is 11.5 Å². The first-order valence-corrected chi connectivity index (χ1v) is 8.67. The Balaban J connectivity index is 1.44. The lowest BCUT2D eigenvalue weighted by atomic mass is 10.1. The van der Waals surface area contributed by atoms with Crippen LogP contribution in [0.1, 0.15) is 17.5 Å². The van der Waals surface area contributed by atoms with Crippen molar-refractivity contribution in [1.29, 1.82) is 0 Å². The molecule has 2 aromatic rings. The Hall–Kier alpha value is -2.53. The number of nitrogens with zero attached hydrogens (tertiary/aromatic N) is 2. The first-order chi connectivity index (χ1) is 12.1. The van der Waals surface area contributed by atoms with Gasteiger partial charge in [0.05, 0.1) is 0 Å². The van der Waals surface area contributed by atoms with Crippen LogP contribution in [0.2, 0.25) is 0 Å². The van der Waals surface area contributed by atoms with Crippen LogP contribution in [-0.4, -0.2) is 52.1 Å². The minimum atomic E-state index is -0.139. The minimum Gasteiger partial charge on any atom is -0.504 e. The van der Waals surface area contributed by atoms with Crippen LogP contribution < -0.4 is 0 Å². The highest BCUT2D eigenvalue weighted by molar-refractivity contribution is 5.76. The fourth-order valence-electron chi connectivity index (χ4n) is 3.13. The zero-order chi connectivity index (χ0) is 17.6. The molecule has 1 fully saturated rings. The number of rotatable bonds is 5. The molecule has 3 rings (SSSR count). The van der Waals surface area contributed by atoms with E-state index in [-0.39, 0.29) is 17.4 Å². The fourth-order valence-corrected chi connectivity index (χ4v) is 3.13. The number of carbonyl (C=O) groups excluding carboxylic acids is 1. The van der Waals surface area contributed by atoms with Crippen molar-refractivity contribution in [3.63, 3.8) is 0 Å². The maximum atomic E-state index is 12.4. The third kappa shape index (κ3) is 4.73. The maximum Gasteiger partial charge on any atom is 0.222 e. The molecule has 132 valence electrons. The van der Waals surface area contributed by atoms with E-state index in [2.05, 4.69) is 29.2 Å². The number of carbonyl (C=O) groups is 1. The number of hydrogen-bond acceptors (Lipinski definition) is 4. The van der Waals surface area contributed by atoms with Crippen LogP contribution in [0.25, 0.3) is 0 Å². The summed E-state index contributed by atoms with van der Waals surface area (Å²) in [4.78, 5) is 16.7. The number of hydrogen-bond donors (Lipinski definition) is 2. The van der Waals surface area contributed by atoms with Gasteiger partial charge in [0.2, 0.25) is 5.91 Å². The van der Waals surface area contributed by atoms with Crippen LogP contribution in [0, 0.1) is 0 Å². The van der Waals surface area contributed by atoms with Crippen molar-refractivity contribution >= 4 is 5.91 Å². The fraction of sp³-hybridized carbons (Fsp3) is 0.350. The smallest absolute Gasteiger partial charge is 0.222 e. The molecule has 1 aliphatic heterocycles. The summed E-state index contributed by atoms with van der Waals surface area (Å²) in [6, 6.07) is 15.1. The topological polar surface area (TPSA) is 64.0 Å². The Labute approximate surface area is 148 Å². The van der Waals surface area contributed by atoms with Crippen molar-refractivity contribution in [2.24, 2.45) is 0 Å². The third-order valence-corrected chi connectivity index (χ3v) is 4.64. The van der Waals surface area contributed by atoms with E-state index in [0.717, 1.165) is 38.3 Å². The molecule has 25 heavy (non-hydrogen) atoms. The first kappa shape index (κ1) is 17.3. The standard InChI is InChI=1S/C20H24N2O3/c23-18-8-6-16(14-19(18)24)7-9-20(25)22-12-10-21(11-13-22)15-17-4-2-1-3-5-17/h1-6,8,14,23-24H,7,9-13,15H2. The summed E-state index contributed by atoms with van der Waals surface area (Å²) >= 11 is 0. The second-order valence-corrected chi connectivity index (χ2v) is 6.47. The highest BCUT2D eigenvalue weighted by Crippen LogP contribution is 2.25. The summed E-state index contributed by atoms with van der Waals surface area (Å²) in [6.45, 7) is 4.22. The van der Waals surface area contributed by atoms with Crippen LogP contribution in [-0.2, 0) is 17.8 Å². The van der Waals surface area contributed by atoms with E-state index in [1.165, 1.54) is 17.7 Å². The van der Waals surface area contributed by atoms with E-state index in [4.69, 9.17) is 0 Å². The van der Waals surface area contributed by atoms with Gasteiger partial charge in [-0.3, -0.25) is 9.69 Å². The molecule has 2 N–H and O–H groups in total.